The number of benzene rings is 1. The molecule has 2 nitrogen and oxygen atoms in total. The Morgan fingerprint density at radius 2 is 2.00 bits per heavy atom. The summed E-state index contributed by atoms with van der Waals surface area (Å²) in [5, 5.41) is 0. The number of carbonyl (C=O) groups is 1. The van der Waals surface area contributed by atoms with Crippen LogP contribution in [0.25, 0.3) is 0 Å². The van der Waals surface area contributed by atoms with Crippen molar-refractivity contribution in [3.63, 3.8) is 0 Å². The van der Waals surface area contributed by atoms with Gasteiger partial charge in [0, 0.05) is 12.0 Å². The van der Waals surface area contributed by atoms with Crippen LogP contribution in [0.4, 0.5) is 17.6 Å². The molecule has 1 aromatic carbocycles. The molecule has 0 saturated heterocycles. The van der Waals surface area contributed by atoms with Crippen molar-refractivity contribution in [1.82, 2.24) is 0 Å². The highest BCUT2D eigenvalue weighted by molar-refractivity contribution is 5.98. The van der Waals surface area contributed by atoms with Crippen molar-refractivity contribution >= 4 is 5.78 Å². The first-order valence-corrected chi connectivity index (χ1v) is 8.58. The molecular formula is C19H22F4O2. The van der Waals surface area contributed by atoms with Gasteiger partial charge in [-0.1, -0.05) is 11.6 Å². The predicted molar refractivity (Wildman–Crippen MR) is 87.3 cm³/mol. The summed E-state index contributed by atoms with van der Waals surface area (Å²) >= 11 is 0. The molecule has 25 heavy (non-hydrogen) atoms. The van der Waals surface area contributed by atoms with E-state index in [2.05, 4.69) is 6.08 Å². The minimum atomic E-state index is -4.95. The van der Waals surface area contributed by atoms with E-state index < -0.39 is 34.7 Å². The normalized spacial score (nSPS) is 15.0. The molecule has 0 N–H and O–H groups in total. The highest BCUT2D eigenvalue weighted by atomic mass is 19.4. The van der Waals surface area contributed by atoms with E-state index in [-0.39, 0.29) is 13.0 Å². The summed E-state index contributed by atoms with van der Waals surface area (Å²) in [5.41, 5.74) is -0.889. The average molecular weight is 358 g/mol. The molecule has 0 radical (unpaired) electrons. The van der Waals surface area contributed by atoms with E-state index in [1.54, 1.807) is 6.92 Å². The average Bonchev–Trinajstić information content (AvgIpc) is 2.56. The number of halogens is 4. The molecule has 2 rings (SSSR count). The van der Waals surface area contributed by atoms with E-state index in [1.165, 1.54) is 5.57 Å². The van der Waals surface area contributed by atoms with E-state index in [9.17, 15) is 22.4 Å². The van der Waals surface area contributed by atoms with E-state index in [0.29, 0.717) is 12.8 Å². The largest absolute Gasteiger partial charge is 0.491 e. The van der Waals surface area contributed by atoms with E-state index >= 15 is 0 Å². The third-order valence-electron chi connectivity index (χ3n) is 4.28. The summed E-state index contributed by atoms with van der Waals surface area (Å²) in [5.74, 6) is -2.69. The quantitative estimate of drug-likeness (QED) is 0.335. The second-order valence-electron chi connectivity index (χ2n) is 6.12. The fourth-order valence-electron chi connectivity index (χ4n) is 3.08. The molecule has 0 fully saturated rings. The van der Waals surface area contributed by atoms with Gasteiger partial charge >= 0.3 is 6.18 Å². The highest BCUT2D eigenvalue weighted by Crippen LogP contribution is 2.38. The maximum Gasteiger partial charge on any atom is 0.420 e. The minimum Gasteiger partial charge on any atom is -0.491 e. The SMILES string of the molecule is CCOc1ccc(C(=O)CCCC2=CCCCC2)c(C(F)(F)F)c1F. The lowest BCUT2D eigenvalue weighted by Crippen LogP contribution is -2.17. The first-order valence-electron chi connectivity index (χ1n) is 8.58. The molecule has 0 aliphatic heterocycles. The number of rotatable bonds is 7. The van der Waals surface area contributed by atoms with Crippen molar-refractivity contribution in [3.8, 4) is 5.75 Å². The molecule has 0 spiro atoms. The zero-order valence-corrected chi connectivity index (χ0v) is 14.2. The third kappa shape index (κ3) is 5.06. The Hall–Kier alpha value is -1.85. The van der Waals surface area contributed by atoms with Gasteiger partial charge in [-0.05, 0) is 57.6 Å². The summed E-state index contributed by atoms with van der Waals surface area (Å²) in [4.78, 5) is 12.2. The molecular weight excluding hydrogens is 336 g/mol. The van der Waals surface area contributed by atoms with Crippen LogP contribution >= 0.6 is 0 Å². The van der Waals surface area contributed by atoms with Gasteiger partial charge in [0.15, 0.2) is 17.3 Å². The monoisotopic (exact) mass is 358 g/mol. The summed E-state index contributed by atoms with van der Waals surface area (Å²) in [7, 11) is 0. The molecule has 0 amide bonds. The summed E-state index contributed by atoms with van der Waals surface area (Å²) in [6.07, 6.45) is 2.60. The third-order valence-corrected chi connectivity index (χ3v) is 4.28. The smallest absolute Gasteiger partial charge is 0.420 e. The van der Waals surface area contributed by atoms with E-state index in [1.807, 2.05) is 0 Å². The van der Waals surface area contributed by atoms with Crippen molar-refractivity contribution in [2.45, 2.75) is 58.0 Å². The molecule has 0 unspecified atom stereocenters. The lowest BCUT2D eigenvalue weighted by atomic mass is 9.93. The zero-order chi connectivity index (χ0) is 18.4. The van der Waals surface area contributed by atoms with Gasteiger partial charge in [0.1, 0.15) is 5.56 Å². The second-order valence-corrected chi connectivity index (χ2v) is 6.12. The van der Waals surface area contributed by atoms with Crippen LogP contribution in [0.3, 0.4) is 0 Å². The molecule has 0 bridgehead atoms. The Morgan fingerprint density at radius 3 is 2.60 bits per heavy atom. The molecule has 1 aliphatic carbocycles. The Bertz CT molecular complexity index is 648. The van der Waals surface area contributed by atoms with Gasteiger partial charge in [0.25, 0.3) is 0 Å². The van der Waals surface area contributed by atoms with Crippen LogP contribution < -0.4 is 4.74 Å². The number of hydrogen-bond acceptors (Lipinski definition) is 2. The number of allylic oxidation sites excluding steroid dienone is 2. The van der Waals surface area contributed by atoms with Gasteiger partial charge in [-0.3, -0.25) is 4.79 Å². The Balaban J connectivity index is 2.15. The van der Waals surface area contributed by atoms with Crippen molar-refractivity contribution < 1.29 is 27.1 Å². The molecule has 6 heteroatoms. The van der Waals surface area contributed by atoms with E-state index in [4.69, 9.17) is 4.74 Å². The van der Waals surface area contributed by atoms with Gasteiger partial charge < -0.3 is 4.74 Å². The van der Waals surface area contributed by atoms with Gasteiger partial charge in [-0.2, -0.15) is 13.2 Å². The summed E-state index contributed by atoms with van der Waals surface area (Å²) < 4.78 is 58.8. The number of carbonyl (C=O) groups excluding carboxylic acids is 1. The van der Waals surface area contributed by atoms with Crippen molar-refractivity contribution in [1.29, 1.82) is 0 Å². The predicted octanol–water partition coefficient (Wildman–Crippen LogP) is 6.10. The van der Waals surface area contributed by atoms with Crippen LogP contribution in [-0.4, -0.2) is 12.4 Å². The van der Waals surface area contributed by atoms with Crippen molar-refractivity contribution in [2.75, 3.05) is 6.61 Å². The van der Waals surface area contributed by atoms with E-state index in [0.717, 1.165) is 37.8 Å². The Kier molecular flexibility index (Phi) is 6.62. The van der Waals surface area contributed by atoms with Gasteiger partial charge in [0.05, 0.1) is 6.61 Å². The fraction of sp³-hybridized carbons (Fsp3) is 0.526. The summed E-state index contributed by atoms with van der Waals surface area (Å²) in [6.45, 7) is 1.59. The molecule has 138 valence electrons. The Morgan fingerprint density at radius 1 is 1.24 bits per heavy atom. The van der Waals surface area contributed by atoms with Crippen LogP contribution in [-0.2, 0) is 6.18 Å². The van der Waals surface area contributed by atoms with Crippen LogP contribution in [0.2, 0.25) is 0 Å². The van der Waals surface area contributed by atoms with Crippen molar-refractivity contribution in [2.24, 2.45) is 0 Å². The zero-order valence-electron chi connectivity index (χ0n) is 14.2. The topological polar surface area (TPSA) is 26.3 Å². The second kappa shape index (κ2) is 8.50. The number of alkyl halides is 3. The van der Waals surface area contributed by atoms with Gasteiger partial charge in [-0.15, -0.1) is 0 Å². The lowest BCUT2D eigenvalue weighted by Gasteiger charge is -2.16. The fourth-order valence-corrected chi connectivity index (χ4v) is 3.08. The number of ketones is 1. The molecule has 1 aliphatic rings. The number of hydrogen-bond donors (Lipinski definition) is 0. The van der Waals surface area contributed by atoms with Gasteiger partial charge in [-0.25, -0.2) is 4.39 Å². The maximum atomic E-state index is 14.2. The van der Waals surface area contributed by atoms with Crippen molar-refractivity contribution in [3.05, 3.63) is 40.7 Å². The molecule has 0 heterocycles. The molecule has 1 aromatic rings. The highest BCUT2D eigenvalue weighted by Gasteiger charge is 2.39. The summed E-state index contributed by atoms with van der Waals surface area (Å²) in [6, 6.07) is 2.10. The minimum absolute atomic E-state index is 0.0339. The maximum absolute atomic E-state index is 14.2. The van der Waals surface area contributed by atoms with Gasteiger partial charge in [0.2, 0.25) is 0 Å². The lowest BCUT2D eigenvalue weighted by molar-refractivity contribution is -0.140. The van der Waals surface area contributed by atoms with Crippen LogP contribution in [0.5, 0.6) is 5.75 Å². The van der Waals surface area contributed by atoms with Crippen LogP contribution in [0, 0.1) is 5.82 Å². The van der Waals surface area contributed by atoms with Crippen LogP contribution in [0.15, 0.2) is 23.8 Å². The number of ether oxygens (including phenoxy) is 1. The molecule has 0 aromatic heterocycles. The first-order chi connectivity index (χ1) is 11.8. The Labute approximate surface area is 144 Å². The number of Topliss-reactive ketones (excluding diaryl/α,β-unsaturated/α-hetero) is 1. The first kappa shape index (κ1) is 19.5. The molecule has 0 saturated carbocycles. The van der Waals surface area contributed by atoms with Crippen LogP contribution in [0.1, 0.15) is 67.8 Å². The molecule has 0 atom stereocenters. The standard InChI is InChI=1S/C19H22F4O2/c1-2-25-16-12-11-14(17(18(16)20)19(21,22)23)15(24)10-6-9-13-7-4-3-5-8-13/h7,11-12H,2-6,8-10H2,1H3.